The summed E-state index contributed by atoms with van der Waals surface area (Å²) < 4.78 is 0. The Bertz CT molecular complexity index is 891. The van der Waals surface area contributed by atoms with Crippen molar-refractivity contribution in [1.82, 2.24) is 4.98 Å². The third-order valence-electron chi connectivity index (χ3n) is 3.58. The van der Waals surface area contributed by atoms with Crippen LogP contribution in [0, 0.1) is 6.92 Å². The first kappa shape index (κ1) is 14.8. The van der Waals surface area contributed by atoms with Crippen LogP contribution in [0.25, 0.3) is 10.9 Å². The number of nitrogens with zero attached hydrogens (tertiary/aromatic N) is 1. The molecule has 3 aromatic rings. The Morgan fingerprint density at radius 3 is 2.65 bits per heavy atom. The van der Waals surface area contributed by atoms with Gasteiger partial charge in [-0.15, -0.1) is 0 Å². The molecule has 0 saturated carbocycles. The van der Waals surface area contributed by atoms with Gasteiger partial charge in [-0.1, -0.05) is 18.2 Å². The molecule has 3 N–H and O–H groups in total. The van der Waals surface area contributed by atoms with Crippen LogP contribution >= 0.6 is 0 Å². The van der Waals surface area contributed by atoms with Gasteiger partial charge in [0.15, 0.2) is 0 Å². The van der Waals surface area contributed by atoms with Crippen molar-refractivity contribution in [3.8, 4) is 5.75 Å². The van der Waals surface area contributed by atoms with Gasteiger partial charge in [0.1, 0.15) is 5.75 Å². The molecule has 0 aliphatic heterocycles. The second kappa shape index (κ2) is 5.96. The van der Waals surface area contributed by atoms with Crippen molar-refractivity contribution in [1.29, 1.82) is 0 Å². The summed E-state index contributed by atoms with van der Waals surface area (Å²) >= 11 is 0. The van der Waals surface area contributed by atoms with Crippen LogP contribution in [0.4, 0.5) is 11.4 Å². The third-order valence-corrected chi connectivity index (χ3v) is 3.58. The fraction of sp³-hybridized carbons (Fsp3) is 0.111. The fourth-order valence-corrected chi connectivity index (χ4v) is 2.51. The molecule has 0 saturated heterocycles. The van der Waals surface area contributed by atoms with Crippen LogP contribution in [0.15, 0.2) is 48.5 Å². The van der Waals surface area contributed by atoms with Crippen LogP contribution in [-0.4, -0.2) is 21.2 Å². The second-order valence-corrected chi connectivity index (χ2v) is 5.37. The van der Waals surface area contributed by atoms with Crippen LogP contribution in [0.3, 0.4) is 0 Å². The SMILES string of the molecule is Cc1cc(O)ccc1Nc1cc(CC(=O)O)nc2ccccc12. The smallest absolute Gasteiger partial charge is 0.309 e. The molecule has 0 spiro atoms. The molecular formula is C18H16N2O3. The molecule has 116 valence electrons. The monoisotopic (exact) mass is 308 g/mol. The van der Waals surface area contributed by atoms with Gasteiger partial charge in [0.05, 0.1) is 17.6 Å². The van der Waals surface area contributed by atoms with Crippen molar-refractivity contribution in [2.75, 3.05) is 5.32 Å². The highest BCUT2D eigenvalue weighted by Gasteiger charge is 2.10. The lowest BCUT2D eigenvalue weighted by molar-refractivity contribution is -0.136. The number of aromatic nitrogens is 1. The first-order valence-corrected chi connectivity index (χ1v) is 7.20. The van der Waals surface area contributed by atoms with Crippen molar-refractivity contribution in [3.63, 3.8) is 0 Å². The quantitative estimate of drug-likeness (QED) is 0.641. The molecular weight excluding hydrogens is 292 g/mol. The summed E-state index contributed by atoms with van der Waals surface area (Å²) in [5.41, 5.74) is 3.77. The van der Waals surface area contributed by atoms with Crippen molar-refractivity contribution >= 4 is 28.2 Å². The van der Waals surface area contributed by atoms with Crippen molar-refractivity contribution in [3.05, 3.63) is 59.8 Å². The lowest BCUT2D eigenvalue weighted by Crippen LogP contribution is -2.04. The minimum Gasteiger partial charge on any atom is -0.508 e. The number of benzene rings is 2. The number of hydrogen-bond donors (Lipinski definition) is 3. The maximum atomic E-state index is 11.0. The maximum absolute atomic E-state index is 11.0. The van der Waals surface area contributed by atoms with E-state index >= 15 is 0 Å². The maximum Gasteiger partial charge on any atom is 0.309 e. The van der Waals surface area contributed by atoms with Gasteiger partial charge in [-0.05, 0) is 42.8 Å². The number of rotatable bonds is 4. The molecule has 0 amide bonds. The van der Waals surface area contributed by atoms with E-state index in [0.29, 0.717) is 5.69 Å². The molecule has 0 aliphatic rings. The van der Waals surface area contributed by atoms with Crippen LogP contribution in [0.1, 0.15) is 11.3 Å². The topological polar surface area (TPSA) is 82.5 Å². The third kappa shape index (κ3) is 3.23. The molecule has 0 radical (unpaired) electrons. The predicted octanol–water partition coefficient (Wildman–Crippen LogP) is 3.62. The first-order valence-electron chi connectivity index (χ1n) is 7.20. The van der Waals surface area contributed by atoms with Crippen LogP contribution < -0.4 is 5.32 Å². The minimum atomic E-state index is -0.917. The predicted molar refractivity (Wildman–Crippen MR) is 89.2 cm³/mol. The molecule has 0 fully saturated rings. The number of aliphatic carboxylic acids is 1. The molecule has 1 heterocycles. The van der Waals surface area contributed by atoms with Gasteiger partial charge < -0.3 is 15.5 Å². The van der Waals surface area contributed by atoms with Crippen molar-refractivity contribution in [2.45, 2.75) is 13.3 Å². The normalized spacial score (nSPS) is 10.7. The summed E-state index contributed by atoms with van der Waals surface area (Å²) in [6.07, 6.45) is -0.131. The van der Waals surface area contributed by atoms with E-state index < -0.39 is 5.97 Å². The number of aryl methyl sites for hydroxylation is 1. The zero-order valence-electron chi connectivity index (χ0n) is 12.6. The summed E-state index contributed by atoms with van der Waals surface area (Å²) in [4.78, 5) is 15.4. The first-order chi connectivity index (χ1) is 11.0. The summed E-state index contributed by atoms with van der Waals surface area (Å²) in [7, 11) is 0. The van der Waals surface area contributed by atoms with E-state index in [1.54, 1.807) is 24.3 Å². The van der Waals surface area contributed by atoms with E-state index in [1.165, 1.54) is 0 Å². The summed E-state index contributed by atoms with van der Waals surface area (Å²) in [5.74, 6) is -0.709. The van der Waals surface area contributed by atoms with Gasteiger partial charge in [0.2, 0.25) is 0 Å². The molecule has 1 aromatic heterocycles. The Morgan fingerprint density at radius 1 is 1.13 bits per heavy atom. The van der Waals surface area contributed by atoms with E-state index in [2.05, 4.69) is 10.3 Å². The van der Waals surface area contributed by atoms with Gasteiger partial charge in [0, 0.05) is 16.8 Å². The molecule has 0 unspecified atom stereocenters. The lowest BCUT2D eigenvalue weighted by atomic mass is 10.1. The zero-order valence-corrected chi connectivity index (χ0v) is 12.6. The number of carboxylic acid groups (broad SMARTS) is 1. The molecule has 2 aromatic carbocycles. The van der Waals surface area contributed by atoms with E-state index in [0.717, 1.165) is 27.8 Å². The van der Waals surface area contributed by atoms with Crippen molar-refractivity contribution in [2.24, 2.45) is 0 Å². The highest BCUT2D eigenvalue weighted by molar-refractivity contribution is 5.93. The molecule has 3 rings (SSSR count). The number of nitrogens with one attached hydrogen (secondary N) is 1. The highest BCUT2D eigenvalue weighted by atomic mass is 16.4. The average molecular weight is 308 g/mol. The summed E-state index contributed by atoms with van der Waals surface area (Å²) in [5, 5.41) is 22.7. The highest BCUT2D eigenvalue weighted by Crippen LogP contribution is 2.29. The number of para-hydroxylation sites is 1. The number of fused-ring (bicyclic) bond motifs is 1. The molecule has 5 heteroatoms. The molecule has 23 heavy (non-hydrogen) atoms. The fourth-order valence-electron chi connectivity index (χ4n) is 2.51. The Morgan fingerprint density at radius 2 is 1.91 bits per heavy atom. The summed E-state index contributed by atoms with van der Waals surface area (Å²) in [6.45, 7) is 1.89. The van der Waals surface area contributed by atoms with E-state index in [-0.39, 0.29) is 12.2 Å². The van der Waals surface area contributed by atoms with E-state index in [9.17, 15) is 9.90 Å². The Balaban J connectivity index is 2.09. The van der Waals surface area contributed by atoms with Gasteiger partial charge in [-0.25, -0.2) is 0 Å². The van der Waals surface area contributed by atoms with Crippen LogP contribution in [0.2, 0.25) is 0 Å². The van der Waals surface area contributed by atoms with E-state index in [4.69, 9.17) is 5.11 Å². The average Bonchev–Trinajstić information content (AvgIpc) is 2.49. The Labute approximate surface area is 133 Å². The van der Waals surface area contributed by atoms with Gasteiger partial charge in [-0.2, -0.15) is 0 Å². The molecule has 0 atom stereocenters. The van der Waals surface area contributed by atoms with Gasteiger partial charge in [-0.3, -0.25) is 9.78 Å². The van der Waals surface area contributed by atoms with Crippen LogP contribution in [-0.2, 0) is 11.2 Å². The largest absolute Gasteiger partial charge is 0.508 e. The van der Waals surface area contributed by atoms with E-state index in [1.807, 2.05) is 31.2 Å². The number of pyridine rings is 1. The molecule has 5 nitrogen and oxygen atoms in total. The number of phenols is 1. The summed E-state index contributed by atoms with van der Waals surface area (Å²) in [6, 6.07) is 14.4. The number of anilines is 2. The number of hydrogen-bond acceptors (Lipinski definition) is 4. The van der Waals surface area contributed by atoms with Gasteiger partial charge >= 0.3 is 5.97 Å². The van der Waals surface area contributed by atoms with Crippen molar-refractivity contribution < 1.29 is 15.0 Å². The molecule has 0 bridgehead atoms. The zero-order chi connectivity index (χ0) is 16.4. The standard InChI is InChI=1S/C18H16N2O3/c1-11-8-13(21)6-7-15(11)20-17-9-12(10-18(22)23)19-16-5-3-2-4-14(16)17/h2-9,21H,10H2,1H3,(H,19,20)(H,22,23). The van der Waals surface area contributed by atoms with Crippen LogP contribution in [0.5, 0.6) is 5.75 Å². The minimum absolute atomic E-state index is 0.131. The Kier molecular flexibility index (Phi) is 3.85. The number of phenolic OH excluding ortho intramolecular Hbond substituents is 1. The molecule has 0 aliphatic carbocycles. The number of carbonyl (C=O) groups is 1. The number of carboxylic acids is 1. The second-order valence-electron chi connectivity index (χ2n) is 5.37. The Hall–Kier alpha value is -3.08. The number of aromatic hydroxyl groups is 1. The van der Waals surface area contributed by atoms with Gasteiger partial charge in [0.25, 0.3) is 0 Å². The lowest BCUT2D eigenvalue weighted by Gasteiger charge is -2.13.